The molecule has 2 N–H and O–H groups in total. The van der Waals surface area contributed by atoms with E-state index in [1.165, 1.54) is 28.6 Å². The van der Waals surface area contributed by atoms with Crippen molar-refractivity contribution in [2.75, 3.05) is 32.8 Å². The second-order valence-corrected chi connectivity index (χ2v) is 6.11. The Labute approximate surface area is 112 Å². The summed E-state index contributed by atoms with van der Waals surface area (Å²) in [6.45, 7) is 1.43. The summed E-state index contributed by atoms with van der Waals surface area (Å²) in [5.74, 6) is -0.213. The highest BCUT2D eigenvalue weighted by molar-refractivity contribution is 7.89. The Bertz CT molecular complexity index is 548. The van der Waals surface area contributed by atoms with E-state index in [1.807, 2.05) is 0 Å². The van der Waals surface area contributed by atoms with Gasteiger partial charge in [-0.15, -0.1) is 0 Å². The van der Waals surface area contributed by atoms with Crippen LogP contribution in [-0.4, -0.2) is 51.4 Å². The number of Topliss-reactive ketones (excluding diaryl/α,β-unsaturated/α-hetero) is 1. The fourth-order valence-electron chi connectivity index (χ4n) is 1.87. The number of hydrogen-bond acceptors (Lipinski definition) is 5. The Morgan fingerprint density at radius 3 is 2.32 bits per heavy atom. The van der Waals surface area contributed by atoms with Crippen molar-refractivity contribution in [1.82, 2.24) is 4.31 Å². The maximum Gasteiger partial charge on any atom is 0.243 e. The van der Waals surface area contributed by atoms with Crippen molar-refractivity contribution in [3.05, 3.63) is 29.8 Å². The molecular formula is C12H16N2O4S. The van der Waals surface area contributed by atoms with Crippen molar-refractivity contribution in [2.24, 2.45) is 5.73 Å². The minimum absolute atomic E-state index is 0.0877. The standard InChI is InChI=1S/C12H16N2O4S/c13-9-12(15)10-1-3-11(4-2-10)19(16,17)14-5-7-18-8-6-14/h1-4H,5-9,13H2. The van der Waals surface area contributed by atoms with Crippen LogP contribution in [0.25, 0.3) is 0 Å². The van der Waals surface area contributed by atoms with E-state index in [4.69, 9.17) is 10.5 Å². The molecule has 2 rings (SSSR count). The van der Waals surface area contributed by atoms with E-state index >= 15 is 0 Å². The summed E-state index contributed by atoms with van der Waals surface area (Å²) in [6.07, 6.45) is 0. The monoisotopic (exact) mass is 284 g/mol. The predicted molar refractivity (Wildman–Crippen MR) is 69.4 cm³/mol. The fraction of sp³-hybridized carbons (Fsp3) is 0.417. The summed E-state index contributed by atoms with van der Waals surface area (Å²) in [5.41, 5.74) is 5.67. The van der Waals surface area contributed by atoms with E-state index in [9.17, 15) is 13.2 Å². The molecule has 1 aliphatic heterocycles. The van der Waals surface area contributed by atoms with Crippen LogP contribution in [0, 0.1) is 0 Å². The first-order valence-corrected chi connectivity index (χ1v) is 7.41. The van der Waals surface area contributed by atoms with E-state index in [1.54, 1.807) is 0 Å². The van der Waals surface area contributed by atoms with Gasteiger partial charge in [0.15, 0.2) is 5.78 Å². The smallest absolute Gasteiger partial charge is 0.243 e. The van der Waals surface area contributed by atoms with Crippen LogP contribution in [-0.2, 0) is 14.8 Å². The second kappa shape index (κ2) is 5.79. The quantitative estimate of drug-likeness (QED) is 0.777. The molecule has 0 saturated carbocycles. The van der Waals surface area contributed by atoms with E-state index in [2.05, 4.69) is 0 Å². The van der Waals surface area contributed by atoms with Gasteiger partial charge in [-0.05, 0) is 12.1 Å². The SMILES string of the molecule is NCC(=O)c1ccc(S(=O)(=O)N2CCOCC2)cc1. The molecule has 6 nitrogen and oxygen atoms in total. The van der Waals surface area contributed by atoms with Gasteiger partial charge in [0, 0.05) is 18.7 Å². The summed E-state index contributed by atoms with van der Waals surface area (Å²) in [7, 11) is -3.50. The zero-order valence-corrected chi connectivity index (χ0v) is 11.2. The van der Waals surface area contributed by atoms with Crippen LogP contribution < -0.4 is 5.73 Å². The highest BCUT2D eigenvalue weighted by Gasteiger charge is 2.26. The van der Waals surface area contributed by atoms with Gasteiger partial charge in [0.2, 0.25) is 10.0 Å². The molecule has 0 aliphatic carbocycles. The average Bonchev–Trinajstić information content (AvgIpc) is 2.47. The van der Waals surface area contributed by atoms with Gasteiger partial charge >= 0.3 is 0 Å². The second-order valence-electron chi connectivity index (χ2n) is 4.17. The first-order valence-electron chi connectivity index (χ1n) is 5.97. The lowest BCUT2D eigenvalue weighted by atomic mass is 10.1. The number of carbonyl (C=O) groups is 1. The maximum atomic E-state index is 12.3. The Kier molecular flexibility index (Phi) is 4.31. The number of morpholine rings is 1. The highest BCUT2D eigenvalue weighted by Crippen LogP contribution is 2.17. The first kappa shape index (κ1) is 14.1. The highest BCUT2D eigenvalue weighted by atomic mass is 32.2. The van der Waals surface area contributed by atoms with Gasteiger partial charge in [-0.1, -0.05) is 12.1 Å². The number of nitrogens with two attached hydrogens (primary N) is 1. The van der Waals surface area contributed by atoms with Crippen LogP contribution in [0.1, 0.15) is 10.4 Å². The van der Waals surface area contributed by atoms with Crippen LogP contribution in [0.3, 0.4) is 0 Å². The Morgan fingerprint density at radius 1 is 1.21 bits per heavy atom. The van der Waals surface area contributed by atoms with Crippen LogP contribution in [0.5, 0.6) is 0 Å². The van der Waals surface area contributed by atoms with Crippen molar-refractivity contribution < 1.29 is 17.9 Å². The summed E-state index contributed by atoms with van der Waals surface area (Å²) in [6, 6.07) is 5.85. The predicted octanol–water partition coefficient (Wildman–Crippen LogP) is -0.151. The molecule has 104 valence electrons. The molecule has 1 saturated heterocycles. The van der Waals surface area contributed by atoms with E-state index in [0.717, 1.165) is 0 Å². The Hall–Kier alpha value is -1.28. The number of ketones is 1. The van der Waals surface area contributed by atoms with Crippen molar-refractivity contribution in [1.29, 1.82) is 0 Å². The third kappa shape index (κ3) is 3.01. The Balaban J connectivity index is 2.23. The van der Waals surface area contributed by atoms with Crippen LogP contribution in [0.15, 0.2) is 29.2 Å². The number of rotatable bonds is 4. The molecule has 0 atom stereocenters. The summed E-state index contributed by atoms with van der Waals surface area (Å²) in [4.78, 5) is 11.6. The molecule has 1 heterocycles. The number of nitrogens with zero attached hydrogens (tertiary/aromatic N) is 1. The van der Waals surface area contributed by atoms with Crippen molar-refractivity contribution in [2.45, 2.75) is 4.90 Å². The summed E-state index contributed by atoms with van der Waals surface area (Å²) < 4.78 is 31.1. The summed E-state index contributed by atoms with van der Waals surface area (Å²) in [5, 5.41) is 0. The number of sulfonamides is 1. The molecule has 0 aromatic heterocycles. The molecule has 1 aromatic rings. The van der Waals surface area contributed by atoms with Gasteiger partial charge in [0.05, 0.1) is 24.7 Å². The van der Waals surface area contributed by atoms with E-state index in [-0.39, 0.29) is 17.2 Å². The van der Waals surface area contributed by atoms with Crippen LogP contribution in [0.4, 0.5) is 0 Å². The van der Waals surface area contributed by atoms with E-state index in [0.29, 0.717) is 31.9 Å². The number of benzene rings is 1. The first-order chi connectivity index (χ1) is 9.05. The average molecular weight is 284 g/mol. The molecule has 7 heteroatoms. The normalized spacial score (nSPS) is 17.3. The van der Waals surface area contributed by atoms with Gasteiger partial charge in [0.25, 0.3) is 0 Å². The van der Waals surface area contributed by atoms with Crippen LogP contribution in [0.2, 0.25) is 0 Å². The molecule has 0 amide bonds. The van der Waals surface area contributed by atoms with Gasteiger partial charge in [-0.25, -0.2) is 8.42 Å². The minimum Gasteiger partial charge on any atom is -0.379 e. The van der Waals surface area contributed by atoms with E-state index < -0.39 is 10.0 Å². The van der Waals surface area contributed by atoms with Gasteiger partial charge in [0.1, 0.15) is 0 Å². The molecule has 1 aromatic carbocycles. The molecule has 0 spiro atoms. The molecule has 1 aliphatic rings. The molecule has 0 unspecified atom stereocenters. The van der Waals surface area contributed by atoms with Crippen LogP contribution >= 0.6 is 0 Å². The number of ether oxygens (including phenoxy) is 1. The maximum absolute atomic E-state index is 12.3. The van der Waals surface area contributed by atoms with Gasteiger partial charge < -0.3 is 10.5 Å². The molecule has 0 radical (unpaired) electrons. The van der Waals surface area contributed by atoms with Gasteiger partial charge in [-0.2, -0.15) is 4.31 Å². The summed E-state index contributed by atoms with van der Waals surface area (Å²) >= 11 is 0. The minimum atomic E-state index is -3.50. The molecule has 1 fully saturated rings. The number of carbonyl (C=O) groups excluding carboxylic acids is 1. The van der Waals surface area contributed by atoms with Gasteiger partial charge in [-0.3, -0.25) is 4.79 Å². The lowest BCUT2D eigenvalue weighted by Gasteiger charge is -2.26. The lowest BCUT2D eigenvalue weighted by molar-refractivity contribution is 0.0730. The topological polar surface area (TPSA) is 89.7 Å². The molecule has 0 bridgehead atoms. The molecular weight excluding hydrogens is 268 g/mol. The van der Waals surface area contributed by atoms with Crippen molar-refractivity contribution in [3.8, 4) is 0 Å². The lowest BCUT2D eigenvalue weighted by Crippen LogP contribution is -2.40. The zero-order chi connectivity index (χ0) is 13.9. The largest absolute Gasteiger partial charge is 0.379 e. The van der Waals surface area contributed by atoms with Crippen molar-refractivity contribution >= 4 is 15.8 Å². The third-order valence-corrected chi connectivity index (χ3v) is 4.88. The molecule has 19 heavy (non-hydrogen) atoms. The Morgan fingerprint density at radius 2 is 1.79 bits per heavy atom. The fourth-order valence-corrected chi connectivity index (χ4v) is 3.27. The zero-order valence-electron chi connectivity index (χ0n) is 10.4. The number of hydrogen-bond donors (Lipinski definition) is 1. The van der Waals surface area contributed by atoms with Crippen molar-refractivity contribution in [3.63, 3.8) is 0 Å². The third-order valence-electron chi connectivity index (χ3n) is 2.97.